The van der Waals surface area contributed by atoms with Crippen LogP contribution in [0.5, 0.6) is 5.88 Å². The zero-order valence-electron chi connectivity index (χ0n) is 20.0. The minimum atomic E-state index is -3.01. The number of nitrogens with two attached hydrogens (primary N) is 1. The highest BCUT2D eigenvalue weighted by Crippen LogP contribution is 2.50. The average molecular weight is 471 g/mol. The molecule has 7 nitrogen and oxygen atoms in total. The third kappa shape index (κ3) is 5.30. The van der Waals surface area contributed by atoms with Crippen molar-refractivity contribution in [2.24, 2.45) is 16.8 Å². The summed E-state index contributed by atoms with van der Waals surface area (Å²) < 4.78 is 18.5. The molecule has 8 heteroatoms. The summed E-state index contributed by atoms with van der Waals surface area (Å²) in [6, 6.07) is 8.53. The van der Waals surface area contributed by atoms with Crippen molar-refractivity contribution < 1.29 is 14.2 Å². The van der Waals surface area contributed by atoms with Gasteiger partial charge in [-0.05, 0) is 63.4 Å². The first-order chi connectivity index (χ1) is 15.5. The van der Waals surface area contributed by atoms with Gasteiger partial charge in [0, 0.05) is 17.4 Å². The van der Waals surface area contributed by atoms with Crippen molar-refractivity contribution in [1.82, 2.24) is 9.97 Å². The molecule has 1 aromatic heterocycles. The van der Waals surface area contributed by atoms with Crippen molar-refractivity contribution in [2.45, 2.75) is 71.1 Å². The van der Waals surface area contributed by atoms with Crippen LogP contribution in [0.4, 0.5) is 11.5 Å². The number of aromatic nitrogens is 2. The average Bonchev–Trinajstić information content (AvgIpc) is 2.75. The molecule has 2 aliphatic rings. The van der Waals surface area contributed by atoms with Crippen molar-refractivity contribution in [1.29, 1.82) is 0 Å². The molecule has 0 amide bonds. The molecule has 0 spiro atoms. The summed E-state index contributed by atoms with van der Waals surface area (Å²) in [6.07, 6.45) is 7.23. The van der Waals surface area contributed by atoms with Crippen LogP contribution in [0.15, 0.2) is 35.6 Å². The number of nitrogen functional groups attached to an aromatic ring is 1. The summed E-state index contributed by atoms with van der Waals surface area (Å²) in [6.45, 7) is 7.65. The lowest BCUT2D eigenvalue weighted by Gasteiger charge is -2.32. The first kappa shape index (κ1) is 23.9. The highest BCUT2D eigenvalue weighted by atomic mass is 31.2. The molecule has 2 aromatic rings. The van der Waals surface area contributed by atoms with Gasteiger partial charge in [0.1, 0.15) is 11.9 Å². The van der Waals surface area contributed by atoms with Crippen molar-refractivity contribution >= 4 is 24.6 Å². The van der Waals surface area contributed by atoms with Crippen LogP contribution in [0.3, 0.4) is 0 Å². The van der Waals surface area contributed by atoms with E-state index >= 15 is 0 Å². The quantitative estimate of drug-likeness (QED) is 0.549. The lowest BCUT2D eigenvalue weighted by Crippen LogP contribution is -2.41. The van der Waals surface area contributed by atoms with Crippen molar-refractivity contribution in [3.8, 4) is 5.88 Å². The number of hydrogen-bond acceptors (Lipinski definition) is 6. The summed E-state index contributed by atoms with van der Waals surface area (Å²) in [5.41, 5.74) is 8.80. The molecule has 1 aliphatic carbocycles. The minimum absolute atomic E-state index is 0.143. The third-order valence-corrected chi connectivity index (χ3v) is 9.66. The van der Waals surface area contributed by atoms with E-state index in [1.54, 1.807) is 0 Å². The van der Waals surface area contributed by atoms with Crippen molar-refractivity contribution in [2.75, 3.05) is 11.9 Å². The number of fused-ring (bicyclic) bond motifs is 1. The largest absolute Gasteiger partial charge is 0.463 e. The predicted molar refractivity (Wildman–Crippen MR) is 133 cm³/mol. The normalized spacial score (nSPS) is 23.9. The number of anilines is 1. The maximum atomic E-state index is 12.4. The fraction of sp³-hybridized carbons (Fsp3) is 0.560. The zero-order chi connectivity index (χ0) is 23.8. The van der Waals surface area contributed by atoms with E-state index in [2.05, 4.69) is 34.2 Å². The molecular weight excluding hydrogens is 435 g/mol. The number of rotatable bonds is 6. The highest BCUT2D eigenvalue weighted by molar-refractivity contribution is 7.58. The number of benzene rings is 1. The molecule has 1 aliphatic heterocycles. The molecule has 0 saturated heterocycles. The summed E-state index contributed by atoms with van der Waals surface area (Å²) in [7, 11) is -3.01. The zero-order valence-corrected chi connectivity index (χ0v) is 20.9. The Morgan fingerprint density at radius 1 is 1.12 bits per heavy atom. The number of hydrogen-bond donors (Lipinski definition) is 2. The summed E-state index contributed by atoms with van der Waals surface area (Å²) in [4.78, 5) is 23.2. The Kier molecular flexibility index (Phi) is 6.66. The molecule has 1 fully saturated rings. The van der Waals surface area contributed by atoms with Crippen LogP contribution in [0.1, 0.15) is 64.5 Å². The van der Waals surface area contributed by atoms with Gasteiger partial charge in [0.2, 0.25) is 13.2 Å². The van der Waals surface area contributed by atoms with Crippen LogP contribution in [0, 0.1) is 11.8 Å². The second-order valence-electron chi connectivity index (χ2n) is 10.3. The van der Waals surface area contributed by atoms with Gasteiger partial charge in [0.05, 0.1) is 5.71 Å². The van der Waals surface area contributed by atoms with Crippen LogP contribution in [-0.2, 0) is 11.0 Å². The maximum Gasteiger partial charge on any atom is 0.246 e. The molecule has 4 rings (SSSR count). The molecular formula is C25H35N4O3P. The van der Waals surface area contributed by atoms with Gasteiger partial charge in [-0.15, -0.1) is 0 Å². The first-order valence-electron chi connectivity index (χ1n) is 11.8. The van der Waals surface area contributed by atoms with Gasteiger partial charge in [-0.3, -0.25) is 4.57 Å². The SMILES string of the molecule is CC(C)P(=O)(O)CC1CCC(Cc2ccc(C3=Nc4c(N)ncnc4OC3(C)C)cc2)CC1. The Balaban J connectivity index is 1.40. The molecule has 1 saturated carbocycles. The topological polar surface area (TPSA) is 111 Å². The van der Waals surface area contributed by atoms with E-state index in [9.17, 15) is 9.46 Å². The molecule has 0 radical (unpaired) electrons. The molecule has 1 atom stereocenters. The van der Waals surface area contributed by atoms with Gasteiger partial charge in [0.15, 0.2) is 11.5 Å². The van der Waals surface area contributed by atoms with E-state index < -0.39 is 13.0 Å². The van der Waals surface area contributed by atoms with E-state index in [-0.39, 0.29) is 5.66 Å². The Morgan fingerprint density at radius 2 is 1.76 bits per heavy atom. The van der Waals surface area contributed by atoms with E-state index in [1.807, 2.05) is 27.7 Å². The lowest BCUT2D eigenvalue weighted by atomic mass is 9.80. The fourth-order valence-electron chi connectivity index (χ4n) is 4.83. The Labute approximate surface area is 196 Å². The summed E-state index contributed by atoms with van der Waals surface area (Å²) in [5.74, 6) is 1.73. The minimum Gasteiger partial charge on any atom is -0.463 e. The Hall–Kier alpha value is -2.24. The Morgan fingerprint density at radius 3 is 2.39 bits per heavy atom. The number of nitrogens with zero attached hydrogens (tertiary/aromatic N) is 3. The van der Waals surface area contributed by atoms with Gasteiger partial charge < -0.3 is 15.4 Å². The second kappa shape index (κ2) is 9.19. The van der Waals surface area contributed by atoms with E-state index in [4.69, 9.17) is 15.5 Å². The first-order valence-corrected chi connectivity index (χ1v) is 13.8. The highest BCUT2D eigenvalue weighted by Gasteiger charge is 2.35. The molecule has 33 heavy (non-hydrogen) atoms. The van der Waals surface area contributed by atoms with Gasteiger partial charge in [-0.2, -0.15) is 4.98 Å². The molecule has 2 heterocycles. The smallest absolute Gasteiger partial charge is 0.246 e. The maximum absolute atomic E-state index is 12.4. The molecule has 1 aromatic carbocycles. The van der Waals surface area contributed by atoms with Crippen LogP contribution in [0.2, 0.25) is 0 Å². The second-order valence-corrected chi connectivity index (χ2v) is 13.2. The van der Waals surface area contributed by atoms with Gasteiger partial charge in [0.25, 0.3) is 0 Å². The lowest BCUT2D eigenvalue weighted by molar-refractivity contribution is 0.171. The summed E-state index contributed by atoms with van der Waals surface area (Å²) in [5, 5.41) is 0. The molecule has 178 valence electrons. The molecule has 1 unspecified atom stereocenters. The van der Waals surface area contributed by atoms with Gasteiger partial charge in [-0.1, -0.05) is 38.1 Å². The van der Waals surface area contributed by atoms with E-state index in [0.29, 0.717) is 35.4 Å². The van der Waals surface area contributed by atoms with Crippen LogP contribution in [-0.4, -0.2) is 38.0 Å². The summed E-state index contributed by atoms with van der Waals surface area (Å²) >= 11 is 0. The fourth-order valence-corrected chi connectivity index (χ4v) is 6.36. The van der Waals surface area contributed by atoms with Gasteiger partial charge >= 0.3 is 0 Å². The number of ether oxygens (including phenoxy) is 1. The van der Waals surface area contributed by atoms with Crippen molar-refractivity contribution in [3.05, 3.63) is 41.7 Å². The standard InChI is InChI=1S/C25H35N4O3P/c1-16(2)33(30,31)14-19-7-5-17(6-8-19)13-18-9-11-20(12-10-18)22-25(3,4)32-24-21(29-22)23(26)27-15-28-24/h9-12,15-17,19H,5-8,13-14H2,1-4H3,(H,30,31)(H2,26,27,28). The third-order valence-electron chi connectivity index (χ3n) is 7.01. The number of aliphatic imine (C=N–C) groups is 1. The van der Waals surface area contributed by atoms with Gasteiger partial charge in [-0.25, -0.2) is 9.98 Å². The van der Waals surface area contributed by atoms with Crippen molar-refractivity contribution in [3.63, 3.8) is 0 Å². The van der Waals surface area contributed by atoms with E-state index in [0.717, 1.165) is 43.4 Å². The monoisotopic (exact) mass is 470 g/mol. The predicted octanol–water partition coefficient (Wildman–Crippen LogP) is 5.38. The molecule has 3 N–H and O–H groups in total. The van der Waals surface area contributed by atoms with Crippen LogP contribution >= 0.6 is 7.37 Å². The molecule has 0 bridgehead atoms. The van der Waals surface area contributed by atoms with Crippen LogP contribution in [0.25, 0.3) is 0 Å². The Bertz CT molecular complexity index is 1070. The van der Waals surface area contributed by atoms with Crippen LogP contribution < -0.4 is 10.5 Å². The van der Waals surface area contributed by atoms with E-state index in [1.165, 1.54) is 11.9 Å².